The molecule has 0 aromatic heterocycles. The fourth-order valence-electron chi connectivity index (χ4n) is 1.09. The van der Waals surface area contributed by atoms with Gasteiger partial charge in [0.2, 0.25) is 0 Å². The van der Waals surface area contributed by atoms with E-state index in [1.54, 1.807) is 0 Å². The zero-order valence-electron chi connectivity index (χ0n) is 8.48. The summed E-state index contributed by atoms with van der Waals surface area (Å²) in [5, 5.41) is 8.54. The number of aliphatic hydroxyl groups is 1. The van der Waals surface area contributed by atoms with Crippen molar-refractivity contribution < 1.29 is 29.3 Å². The second-order valence-corrected chi connectivity index (χ2v) is 2.96. The van der Waals surface area contributed by atoms with Gasteiger partial charge in [-0.3, -0.25) is 0 Å². The minimum atomic E-state index is 0. The zero-order chi connectivity index (χ0) is 9.36. The van der Waals surface area contributed by atoms with Crippen molar-refractivity contribution in [3.63, 3.8) is 0 Å². The molecule has 1 aliphatic heterocycles. The number of aliphatic hydroxyl groups excluding tert-OH is 1. The van der Waals surface area contributed by atoms with E-state index in [4.69, 9.17) is 9.84 Å². The molecule has 3 heteroatoms. The maximum Gasteiger partial charge on any atom is 0.0681 e. The molecule has 1 aromatic rings. The molecule has 0 spiro atoms. The summed E-state index contributed by atoms with van der Waals surface area (Å²) in [5.41, 5.74) is 0.965. The van der Waals surface area contributed by atoms with E-state index in [2.05, 4.69) is 0 Å². The van der Waals surface area contributed by atoms with Gasteiger partial charge in [-0.2, -0.15) is 0 Å². The zero-order valence-corrected chi connectivity index (χ0v) is 11.5. The van der Waals surface area contributed by atoms with Crippen molar-refractivity contribution in [1.82, 2.24) is 0 Å². The van der Waals surface area contributed by atoms with Gasteiger partial charge in [-0.05, 0) is 18.4 Å². The predicted octanol–water partition coefficient (Wildman–Crippen LogP) is 1.97. The minimum Gasteiger partial charge on any atom is -0.392 e. The van der Waals surface area contributed by atoms with Crippen LogP contribution in [0.4, 0.5) is 0 Å². The largest absolute Gasteiger partial charge is 0.392 e. The Bertz CT molecular complexity index is 202. The van der Waals surface area contributed by atoms with E-state index in [0.717, 1.165) is 18.8 Å². The predicted molar refractivity (Wildman–Crippen MR) is 52.4 cm³/mol. The third-order valence-corrected chi connectivity index (χ3v) is 1.85. The molecule has 1 saturated heterocycles. The van der Waals surface area contributed by atoms with Crippen LogP contribution in [0.15, 0.2) is 30.3 Å². The van der Waals surface area contributed by atoms with Gasteiger partial charge in [-0.25, -0.2) is 0 Å². The van der Waals surface area contributed by atoms with Crippen molar-refractivity contribution in [2.24, 2.45) is 0 Å². The molecular weight excluding hydrogens is 230 g/mol. The van der Waals surface area contributed by atoms with E-state index >= 15 is 0 Å². The molecule has 0 radical (unpaired) electrons. The third-order valence-electron chi connectivity index (χ3n) is 1.85. The topological polar surface area (TPSA) is 29.5 Å². The molecule has 2 nitrogen and oxygen atoms in total. The molecule has 1 aromatic carbocycles. The second-order valence-electron chi connectivity index (χ2n) is 2.96. The maximum absolute atomic E-state index is 8.54. The molecule has 0 amide bonds. The van der Waals surface area contributed by atoms with E-state index in [0.29, 0.717) is 0 Å². The monoisotopic (exact) mass is 244 g/mol. The Kier molecular flexibility index (Phi) is 9.17. The first-order chi connectivity index (χ1) is 6.43. The van der Waals surface area contributed by atoms with Crippen LogP contribution in [0.2, 0.25) is 0 Å². The molecule has 1 N–H and O–H groups in total. The Labute approximate surface area is 98.0 Å². The van der Waals surface area contributed by atoms with Gasteiger partial charge >= 0.3 is 0 Å². The van der Waals surface area contributed by atoms with Crippen LogP contribution in [0.3, 0.4) is 0 Å². The molecule has 74 valence electrons. The first-order valence-corrected chi connectivity index (χ1v) is 4.66. The molecule has 1 heterocycles. The van der Waals surface area contributed by atoms with Gasteiger partial charge in [0.25, 0.3) is 0 Å². The van der Waals surface area contributed by atoms with Crippen molar-refractivity contribution in [2.75, 3.05) is 13.2 Å². The molecule has 1 fully saturated rings. The van der Waals surface area contributed by atoms with E-state index in [-0.39, 0.29) is 26.1 Å². The van der Waals surface area contributed by atoms with E-state index < -0.39 is 0 Å². The standard InChI is InChI=1S/C7H8O.C4H8O.Zn/c8-6-7-4-2-1-3-5-7;1-2-4-5-3-1;/h1-5,8H,6H2;1-4H2;. The molecule has 0 saturated carbocycles. The summed E-state index contributed by atoms with van der Waals surface area (Å²) < 4.78 is 4.94. The maximum atomic E-state index is 8.54. The van der Waals surface area contributed by atoms with Gasteiger partial charge in [0, 0.05) is 32.7 Å². The minimum absolute atomic E-state index is 0. The number of rotatable bonds is 1. The van der Waals surface area contributed by atoms with Gasteiger partial charge in [-0.15, -0.1) is 0 Å². The van der Waals surface area contributed by atoms with Crippen LogP contribution in [-0.4, -0.2) is 18.3 Å². The first kappa shape index (κ1) is 13.8. The van der Waals surface area contributed by atoms with Crippen LogP contribution in [0.25, 0.3) is 0 Å². The average molecular weight is 246 g/mol. The molecule has 0 bridgehead atoms. The van der Waals surface area contributed by atoms with Crippen LogP contribution in [-0.2, 0) is 30.8 Å². The molecular formula is C11H16O2Zn. The van der Waals surface area contributed by atoms with E-state index in [9.17, 15) is 0 Å². The van der Waals surface area contributed by atoms with E-state index in [1.807, 2.05) is 30.3 Å². The first-order valence-electron chi connectivity index (χ1n) is 4.66. The van der Waals surface area contributed by atoms with Gasteiger partial charge in [0.15, 0.2) is 0 Å². The molecule has 2 rings (SSSR count). The van der Waals surface area contributed by atoms with Crippen LogP contribution >= 0.6 is 0 Å². The second kappa shape index (κ2) is 9.32. The summed E-state index contributed by atoms with van der Waals surface area (Å²) in [4.78, 5) is 0. The van der Waals surface area contributed by atoms with Crippen molar-refractivity contribution in [1.29, 1.82) is 0 Å². The van der Waals surface area contributed by atoms with Gasteiger partial charge in [-0.1, -0.05) is 30.3 Å². The molecule has 0 atom stereocenters. The van der Waals surface area contributed by atoms with Crippen molar-refractivity contribution in [3.8, 4) is 0 Å². The Morgan fingerprint density at radius 2 is 1.64 bits per heavy atom. The Balaban J connectivity index is 0.000000246. The molecule has 1 aliphatic rings. The van der Waals surface area contributed by atoms with Crippen LogP contribution in [0, 0.1) is 0 Å². The summed E-state index contributed by atoms with van der Waals surface area (Å²) in [6.07, 6.45) is 2.56. The van der Waals surface area contributed by atoms with Crippen LogP contribution in [0.1, 0.15) is 18.4 Å². The number of hydrogen-bond donors (Lipinski definition) is 1. The summed E-state index contributed by atoms with van der Waals surface area (Å²) >= 11 is 0. The van der Waals surface area contributed by atoms with Crippen LogP contribution in [0.5, 0.6) is 0 Å². The fraction of sp³-hybridized carbons (Fsp3) is 0.455. The van der Waals surface area contributed by atoms with Gasteiger partial charge < -0.3 is 9.84 Å². The number of ether oxygens (including phenoxy) is 1. The summed E-state index contributed by atoms with van der Waals surface area (Å²) in [6, 6.07) is 9.52. The molecule has 0 aliphatic carbocycles. The Hall–Kier alpha value is -0.237. The van der Waals surface area contributed by atoms with Crippen molar-refractivity contribution in [2.45, 2.75) is 19.4 Å². The van der Waals surface area contributed by atoms with E-state index in [1.165, 1.54) is 12.8 Å². The third kappa shape index (κ3) is 6.25. The Morgan fingerprint density at radius 3 is 1.93 bits per heavy atom. The van der Waals surface area contributed by atoms with Crippen molar-refractivity contribution >= 4 is 0 Å². The summed E-state index contributed by atoms with van der Waals surface area (Å²) in [7, 11) is 0. The average Bonchev–Trinajstić information content (AvgIpc) is 2.77. The van der Waals surface area contributed by atoms with Gasteiger partial charge in [0.05, 0.1) is 6.61 Å². The molecule has 14 heavy (non-hydrogen) atoms. The summed E-state index contributed by atoms with van der Waals surface area (Å²) in [5.74, 6) is 0. The van der Waals surface area contributed by atoms with Gasteiger partial charge in [0.1, 0.15) is 0 Å². The fourth-order valence-corrected chi connectivity index (χ4v) is 1.09. The quantitative estimate of drug-likeness (QED) is 0.767. The van der Waals surface area contributed by atoms with Crippen molar-refractivity contribution in [3.05, 3.63) is 35.9 Å². The number of benzene rings is 1. The van der Waals surface area contributed by atoms with Crippen LogP contribution < -0.4 is 0 Å². The summed E-state index contributed by atoms with van der Waals surface area (Å²) in [6.45, 7) is 2.14. The Morgan fingerprint density at radius 1 is 1.07 bits per heavy atom. The normalized spacial score (nSPS) is 13.8. The number of hydrogen-bond acceptors (Lipinski definition) is 2. The SMILES string of the molecule is C1CCOC1.OCc1ccccc1.[Zn]. The molecule has 0 unspecified atom stereocenters. The smallest absolute Gasteiger partial charge is 0.0681 e.